The van der Waals surface area contributed by atoms with Crippen molar-refractivity contribution in [2.75, 3.05) is 0 Å². The van der Waals surface area contributed by atoms with Gasteiger partial charge in [0.1, 0.15) is 0 Å². The number of halogens is 4. The molecule has 0 bridgehead atoms. The minimum absolute atomic E-state index is 0.110. The molecule has 2 aromatic rings. The monoisotopic (exact) mass is 412 g/mol. The Labute approximate surface area is 161 Å². The number of imide groups is 1. The summed E-state index contributed by atoms with van der Waals surface area (Å²) in [6.07, 6.45) is -2.57. The molecular formula is C17H12ClF3N4O3. The first-order valence-corrected chi connectivity index (χ1v) is 8.20. The lowest BCUT2D eigenvalue weighted by Crippen LogP contribution is -2.69. The van der Waals surface area contributed by atoms with Crippen LogP contribution in [-0.4, -0.2) is 39.6 Å². The number of pyridine rings is 1. The summed E-state index contributed by atoms with van der Waals surface area (Å²) in [4.78, 5) is 41.2. The molecule has 0 saturated carbocycles. The van der Waals surface area contributed by atoms with Crippen LogP contribution in [0.4, 0.5) is 18.0 Å². The summed E-state index contributed by atoms with van der Waals surface area (Å²) >= 11 is 5.83. The molecule has 0 aliphatic carbocycles. The van der Waals surface area contributed by atoms with Crippen LogP contribution in [-0.2, 0) is 11.3 Å². The molecule has 0 radical (unpaired) electrons. The van der Waals surface area contributed by atoms with Crippen molar-refractivity contribution in [1.82, 2.24) is 20.5 Å². The van der Waals surface area contributed by atoms with Crippen LogP contribution in [0.15, 0.2) is 48.8 Å². The van der Waals surface area contributed by atoms with Crippen LogP contribution in [0.2, 0.25) is 5.02 Å². The standard InChI is InChI=1S/C17H12ClF3N4O3/c18-12-6-2-1-5-11(12)13(26)23-16(17(19,20)21)14(27)25(15(28)24-16)9-10-4-3-7-22-8-10/h1-8H,9H2,(H,23,26)(H,24,28)/t16-/m1/s1. The molecular weight excluding hydrogens is 401 g/mol. The van der Waals surface area contributed by atoms with Gasteiger partial charge in [0.25, 0.3) is 17.5 Å². The fourth-order valence-corrected chi connectivity index (χ4v) is 2.85. The SMILES string of the molecule is O=C(N[C@@]1(C(F)(F)F)NC(=O)N(Cc2cccnc2)C1=O)c1ccccc1Cl. The third kappa shape index (κ3) is 3.38. The smallest absolute Gasteiger partial charge is 0.314 e. The van der Waals surface area contributed by atoms with Crippen molar-refractivity contribution in [2.45, 2.75) is 18.4 Å². The van der Waals surface area contributed by atoms with Crippen LogP contribution in [0.25, 0.3) is 0 Å². The molecule has 4 amide bonds. The number of carbonyl (C=O) groups excluding carboxylic acids is 3. The van der Waals surface area contributed by atoms with E-state index in [1.54, 1.807) is 10.6 Å². The molecule has 28 heavy (non-hydrogen) atoms. The van der Waals surface area contributed by atoms with Crippen LogP contribution in [0.5, 0.6) is 0 Å². The van der Waals surface area contributed by atoms with E-state index in [0.29, 0.717) is 10.5 Å². The molecule has 2 N–H and O–H groups in total. The maximum Gasteiger partial charge on any atom is 0.440 e. The van der Waals surface area contributed by atoms with E-state index in [2.05, 4.69) is 4.98 Å². The van der Waals surface area contributed by atoms with E-state index in [4.69, 9.17) is 11.6 Å². The van der Waals surface area contributed by atoms with Crippen molar-refractivity contribution in [1.29, 1.82) is 0 Å². The molecule has 2 heterocycles. The molecule has 3 rings (SSSR count). The predicted octanol–water partition coefficient (Wildman–Crippen LogP) is 2.48. The van der Waals surface area contributed by atoms with Gasteiger partial charge in [-0.15, -0.1) is 0 Å². The van der Waals surface area contributed by atoms with Crippen LogP contribution < -0.4 is 10.6 Å². The fraction of sp³-hybridized carbons (Fsp3) is 0.176. The number of alkyl halides is 3. The Kier molecular flexibility index (Phi) is 4.99. The number of hydrogen-bond donors (Lipinski definition) is 2. The van der Waals surface area contributed by atoms with Gasteiger partial charge in [0.15, 0.2) is 0 Å². The molecule has 1 saturated heterocycles. The number of urea groups is 1. The zero-order valence-corrected chi connectivity index (χ0v) is 14.7. The van der Waals surface area contributed by atoms with Crippen molar-refractivity contribution in [3.05, 3.63) is 64.9 Å². The number of benzene rings is 1. The lowest BCUT2D eigenvalue weighted by Gasteiger charge is -2.30. The zero-order valence-electron chi connectivity index (χ0n) is 14.0. The predicted molar refractivity (Wildman–Crippen MR) is 91.0 cm³/mol. The van der Waals surface area contributed by atoms with Gasteiger partial charge in [0, 0.05) is 12.4 Å². The third-order valence-electron chi connectivity index (χ3n) is 4.01. The first-order valence-electron chi connectivity index (χ1n) is 7.82. The highest BCUT2D eigenvalue weighted by molar-refractivity contribution is 6.34. The van der Waals surface area contributed by atoms with Crippen molar-refractivity contribution in [2.24, 2.45) is 0 Å². The van der Waals surface area contributed by atoms with Crippen LogP contribution in [0.3, 0.4) is 0 Å². The first kappa shape index (κ1) is 19.6. The number of rotatable bonds is 4. The van der Waals surface area contributed by atoms with Gasteiger partial charge in [-0.2, -0.15) is 13.2 Å². The molecule has 1 aromatic carbocycles. The Morgan fingerprint density at radius 3 is 2.54 bits per heavy atom. The van der Waals surface area contributed by atoms with E-state index in [0.717, 1.165) is 0 Å². The number of aromatic nitrogens is 1. The van der Waals surface area contributed by atoms with E-state index in [1.807, 2.05) is 0 Å². The summed E-state index contributed by atoms with van der Waals surface area (Å²) in [5.41, 5.74) is -3.55. The van der Waals surface area contributed by atoms with Crippen LogP contribution >= 0.6 is 11.6 Å². The Morgan fingerprint density at radius 2 is 1.93 bits per heavy atom. The summed E-state index contributed by atoms with van der Waals surface area (Å²) in [5, 5.41) is 3.05. The number of amides is 4. The zero-order chi connectivity index (χ0) is 20.5. The van der Waals surface area contributed by atoms with E-state index in [1.165, 1.54) is 48.8 Å². The van der Waals surface area contributed by atoms with Gasteiger partial charge in [0.2, 0.25) is 0 Å². The summed E-state index contributed by atoms with van der Waals surface area (Å²) in [6, 6.07) is 7.07. The largest absolute Gasteiger partial charge is 0.440 e. The van der Waals surface area contributed by atoms with E-state index < -0.39 is 36.2 Å². The van der Waals surface area contributed by atoms with Crippen molar-refractivity contribution >= 4 is 29.4 Å². The average molecular weight is 413 g/mol. The summed E-state index contributed by atoms with van der Waals surface area (Å²) in [7, 11) is 0. The normalized spacial score (nSPS) is 19.5. The molecule has 1 aliphatic rings. The Morgan fingerprint density at radius 1 is 1.21 bits per heavy atom. The molecule has 0 spiro atoms. The highest BCUT2D eigenvalue weighted by Gasteiger charge is 2.68. The second-order valence-electron chi connectivity index (χ2n) is 5.86. The van der Waals surface area contributed by atoms with Crippen molar-refractivity contribution < 1.29 is 27.6 Å². The van der Waals surface area contributed by atoms with E-state index in [-0.39, 0.29) is 10.6 Å². The second kappa shape index (κ2) is 7.12. The average Bonchev–Trinajstić information content (AvgIpc) is 2.88. The maximum atomic E-state index is 13.8. The van der Waals surface area contributed by atoms with Gasteiger partial charge in [-0.3, -0.25) is 24.8 Å². The molecule has 1 aromatic heterocycles. The van der Waals surface area contributed by atoms with Crippen LogP contribution in [0, 0.1) is 0 Å². The molecule has 1 aliphatic heterocycles. The second-order valence-corrected chi connectivity index (χ2v) is 6.27. The van der Waals surface area contributed by atoms with Crippen LogP contribution in [0.1, 0.15) is 15.9 Å². The van der Waals surface area contributed by atoms with E-state index in [9.17, 15) is 27.6 Å². The number of hydrogen-bond acceptors (Lipinski definition) is 4. The number of carbonyl (C=O) groups is 3. The third-order valence-corrected chi connectivity index (χ3v) is 4.34. The van der Waals surface area contributed by atoms with Gasteiger partial charge in [0.05, 0.1) is 17.1 Å². The topological polar surface area (TPSA) is 91.4 Å². The maximum absolute atomic E-state index is 13.8. The summed E-state index contributed by atoms with van der Waals surface area (Å²) < 4.78 is 41.4. The molecule has 1 atom stereocenters. The minimum atomic E-state index is -5.31. The highest BCUT2D eigenvalue weighted by atomic mass is 35.5. The lowest BCUT2D eigenvalue weighted by atomic mass is 10.1. The molecule has 146 valence electrons. The molecule has 1 fully saturated rings. The molecule has 0 unspecified atom stereocenters. The Balaban J connectivity index is 1.94. The first-order chi connectivity index (χ1) is 13.2. The minimum Gasteiger partial charge on any atom is -0.314 e. The molecule has 7 nitrogen and oxygen atoms in total. The quantitative estimate of drug-likeness (QED) is 0.755. The fourth-order valence-electron chi connectivity index (χ4n) is 2.62. The Hall–Kier alpha value is -3.14. The van der Waals surface area contributed by atoms with Gasteiger partial charge < -0.3 is 5.32 Å². The Bertz CT molecular complexity index is 939. The summed E-state index contributed by atoms with van der Waals surface area (Å²) in [5.74, 6) is -2.92. The molecule has 11 heteroatoms. The number of nitrogens with one attached hydrogen (secondary N) is 2. The van der Waals surface area contributed by atoms with Crippen molar-refractivity contribution in [3.63, 3.8) is 0 Å². The van der Waals surface area contributed by atoms with Crippen molar-refractivity contribution in [3.8, 4) is 0 Å². The van der Waals surface area contributed by atoms with Gasteiger partial charge in [-0.1, -0.05) is 29.8 Å². The number of nitrogens with zero attached hydrogens (tertiary/aromatic N) is 2. The van der Waals surface area contributed by atoms with E-state index >= 15 is 0 Å². The lowest BCUT2D eigenvalue weighted by molar-refractivity contribution is -0.200. The highest BCUT2D eigenvalue weighted by Crippen LogP contribution is 2.35. The summed E-state index contributed by atoms with van der Waals surface area (Å²) in [6.45, 7) is -0.446. The van der Waals surface area contributed by atoms with Gasteiger partial charge in [-0.05, 0) is 23.8 Å². The van der Waals surface area contributed by atoms with Gasteiger partial charge in [-0.25, -0.2) is 4.79 Å². The van der Waals surface area contributed by atoms with Gasteiger partial charge >= 0.3 is 12.2 Å².